The fraction of sp³-hybridized carbons (Fsp3) is 0.360. The molecule has 4 aromatic rings. The summed E-state index contributed by atoms with van der Waals surface area (Å²) in [5, 5.41) is 21.8. The number of nitrogens with zero attached hydrogens (tertiary/aromatic N) is 6. The van der Waals surface area contributed by atoms with E-state index in [0.29, 0.717) is 23.6 Å². The fourth-order valence-corrected chi connectivity index (χ4v) is 4.91. The van der Waals surface area contributed by atoms with Crippen molar-refractivity contribution in [3.05, 3.63) is 64.7 Å². The second-order valence-corrected chi connectivity index (χ2v) is 9.86. The standard InChI is InChI=1S/C25H26BrN7/c1-16(2)32-15-19(13-29-32)18-3-5-20(6-4-18)31-23-10-24(28-14-22(23)26)25-8-7-21-9-17(11-27)12-30-33(21)25/h7-10,12-16,18,20H,3-6H2,1-2H3,(H,28,31). The average molecular weight is 504 g/mol. The van der Waals surface area contributed by atoms with E-state index in [1.54, 1.807) is 6.20 Å². The minimum absolute atomic E-state index is 0.399. The lowest BCUT2D eigenvalue weighted by Crippen LogP contribution is -2.25. The summed E-state index contributed by atoms with van der Waals surface area (Å²) in [6, 6.07) is 10.8. The van der Waals surface area contributed by atoms with Crippen molar-refractivity contribution >= 4 is 27.1 Å². The molecule has 0 atom stereocenters. The number of pyridine rings is 1. The molecule has 0 bridgehead atoms. The monoisotopic (exact) mass is 503 g/mol. The molecule has 4 aromatic heterocycles. The largest absolute Gasteiger partial charge is 0.381 e. The van der Waals surface area contributed by atoms with Gasteiger partial charge in [-0.15, -0.1) is 0 Å². The van der Waals surface area contributed by atoms with E-state index in [0.717, 1.165) is 52.7 Å². The van der Waals surface area contributed by atoms with Crippen LogP contribution in [0.1, 0.15) is 62.6 Å². The first-order valence-corrected chi connectivity index (χ1v) is 12.2. The third kappa shape index (κ3) is 4.38. The first kappa shape index (κ1) is 21.7. The molecule has 0 aromatic carbocycles. The van der Waals surface area contributed by atoms with Crippen LogP contribution < -0.4 is 5.32 Å². The number of rotatable bonds is 5. The Morgan fingerprint density at radius 1 is 1.09 bits per heavy atom. The molecule has 4 heterocycles. The van der Waals surface area contributed by atoms with E-state index in [1.807, 2.05) is 35.1 Å². The molecule has 168 valence electrons. The van der Waals surface area contributed by atoms with Crippen LogP contribution >= 0.6 is 15.9 Å². The van der Waals surface area contributed by atoms with Crippen LogP contribution in [0.25, 0.3) is 16.9 Å². The Kier molecular flexibility index (Phi) is 5.90. The maximum Gasteiger partial charge on any atom is 0.101 e. The Hall–Kier alpha value is -3.18. The number of anilines is 1. The van der Waals surface area contributed by atoms with E-state index < -0.39 is 0 Å². The molecule has 1 fully saturated rings. The van der Waals surface area contributed by atoms with Crippen LogP contribution in [-0.4, -0.2) is 30.4 Å². The Morgan fingerprint density at radius 2 is 1.91 bits per heavy atom. The molecule has 0 saturated heterocycles. The van der Waals surface area contributed by atoms with Crippen LogP contribution in [0.5, 0.6) is 0 Å². The van der Waals surface area contributed by atoms with Crippen LogP contribution in [0.4, 0.5) is 5.69 Å². The van der Waals surface area contributed by atoms with Crippen LogP contribution in [0.2, 0.25) is 0 Å². The summed E-state index contributed by atoms with van der Waals surface area (Å²) in [6.45, 7) is 4.32. The zero-order valence-corrected chi connectivity index (χ0v) is 20.3. The van der Waals surface area contributed by atoms with Crippen molar-refractivity contribution < 1.29 is 0 Å². The summed E-state index contributed by atoms with van der Waals surface area (Å²) in [5.41, 5.74) is 5.57. The molecule has 0 aliphatic heterocycles. The molecular formula is C25H26BrN7. The van der Waals surface area contributed by atoms with E-state index in [4.69, 9.17) is 5.26 Å². The van der Waals surface area contributed by atoms with Gasteiger partial charge in [0.1, 0.15) is 6.07 Å². The zero-order valence-electron chi connectivity index (χ0n) is 18.7. The van der Waals surface area contributed by atoms with Gasteiger partial charge in [-0.25, -0.2) is 4.52 Å². The van der Waals surface area contributed by atoms with Crippen LogP contribution in [-0.2, 0) is 0 Å². The Labute approximate surface area is 201 Å². The maximum atomic E-state index is 9.12. The highest BCUT2D eigenvalue weighted by Gasteiger charge is 2.24. The number of halogens is 1. The zero-order chi connectivity index (χ0) is 22.9. The molecule has 0 spiro atoms. The minimum atomic E-state index is 0.399. The number of fused-ring (bicyclic) bond motifs is 1. The van der Waals surface area contributed by atoms with Crippen molar-refractivity contribution in [2.45, 2.75) is 57.5 Å². The smallest absolute Gasteiger partial charge is 0.101 e. The van der Waals surface area contributed by atoms with Gasteiger partial charge < -0.3 is 5.32 Å². The maximum absolute atomic E-state index is 9.12. The number of aromatic nitrogens is 5. The summed E-state index contributed by atoms with van der Waals surface area (Å²) < 4.78 is 4.83. The summed E-state index contributed by atoms with van der Waals surface area (Å²) >= 11 is 3.66. The van der Waals surface area contributed by atoms with Gasteiger partial charge in [-0.3, -0.25) is 9.67 Å². The van der Waals surface area contributed by atoms with Crippen LogP contribution in [0.3, 0.4) is 0 Å². The number of hydrogen-bond acceptors (Lipinski definition) is 5. The molecule has 0 amide bonds. The van der Waals surface area contributed by atoms with Crippen molar-refractivity contribution in [3.63, 3.8) is 0 Å². The molecule has 5 rings (SSSR count). The van der Waals surface area contributed by atoms with Gasteiger partial charge in [0.25, 0.3) is 0 Å². The SMILES string of the molecule is CC(C)n1cc(C2CCC(Nc3cc(-c4ccc5cc(C#N)cnn45)ncc3Br)CC2)cn1. The fourth-order valence-electron chi connectivity index (χ4n) is 4.58. The van der Waals surface area contributed by atoms with Crippen LogP contribution in [0, 0.1) is 11.3 Å². The number of nitrogens with one attached hydrogen (secondary N) is 1. The number of nitriles is 1. The molecule has 1 aliphatic carbocycles. The first-order chi connectivity index (χ1) is 16.0. The topological polar surface area (TPSA) is 83.8 Å². The van der Waals surface area contributed by atoms with E-state index in [-0.39, 0.29) is 0 Å². The summed E-state index contributed by atoms with van der Waals surface area (Å²) in [7, 11) is 0. The lowest BCUT2D eigenvalue weighted by Gasteiger charge is -2.29. The Bertz CT molecular complexity index is 1320. The third-order valence-corrected chi connectivity index (χ3v) is 7.09. The highest BCUT2D eigenvalue weighted by molar-refractivity contribution is 9.10. The average Bonchev–Trinajstić information content (AvgIpc) is 3.48. The quantitative estimate of drug-likeness (QED) is 0.363. The van der Waals surface area contributed by atoms with Gasteiger partial charge in [-0.1, -0.05) is 0 Å². The lowest BCUT2D eigenvalue weighted by atomic mass is 9.83. The van der Waals surface area contributed by atoms with Crippen molar-refractivity contribution in [3.8, 4) is 17.5 Å². The molecular weight excluding hydrogens is 478 g/mol. The van der Waals surface area contributed by atoms with Gasteiger partial charge in [0, 0.05) is 24.5 Å². The molecule has 8 heteroatoms. The molecule has 7 nitrogen and oxygen atoms in total. The van der Waals surface area contributed by atoms with E-state index in [9.17, 15) is 0 Å². The highest BCUT2D eigenvalue weighted by Crippen LogP contribution is 2.36. The predicted octanol–water partition coefficient (Wildman–Crippen LogP) is 5.95. The van der Waals surface area contributed by atoms with Gasteiger partial charge in [-0.05, 0) is 91.2 Å². The highest BCUT2D eigenvalue weighted by atomic mass is 79.9. The Morgan fingerprint density at radius 3 is 2.64 bits per heavy atom. The summed E-state index contributed by atoms with van der Waals surface area (Å²) in [5.74, 6) is 0.587. The van der Waals surface area contributed by atoms with E-state index in [1.165, 1.54) is 5.56 Å². The molecule has 1 saturated carbocycles. The second kappa shape index (κ2) is 8.99. The van der Waals surface area contributed by atoms with Gasteiger partial charge in [0.05, 0.1) is 45.0 Å². The molecule has 0 radical (unpaired) electrons. The van der Waals surface area contributed by atoms with Gasteiger partial charge in [0.2, 0.25) is 0 Å². The van der Waals surface area contributed by atoms with Crippen molar-refractivity contribution in [2.75, 3.05) is 5.32 Å². The second-order valence-electron chi connectivity index (χ2n) is 9.00. The third-order valence-electron chi connectivity index (χ3n) is 6.46. The Balaban J connectivity index is 1.30. The van der Waals surface area contributed by atoms with E-state index >= 15 is 0 Å². The molecule has 0 unspecified atom stereocenters. The molecule has 33 heavy (non-hydrogen) atoms. The predicted molar refractivity (Wildman–Crippen MR) is 132 cm³/mol. The normalized spacial score (nSPS) is 18.5. The molecule has 1 N–H and O–H groups in total. The van der Waals surface area contributed by atoms with Crippen molar-refractivity contribution in [1.29, 1.82) is 5.26 Å². The lowest BCUT2D eigenvalue weighted by molar-refractivity contribution is 0.411. The summed E-state index contributed by atoms with van der Waals surface area (Å²) in [6.07, 6.45) is 12.2. The minimum Gasteiger partial charge on any atom is -0.381 e. The first-order valence-electron chi connectivity index (χ1n) is 11.4. The summed E-state index contributed by atoms with van der Waals surface area (Å²) in [4.78, 5) is 4.61. The molecule has 1 aliphatic rings. The van der Waals surface area contributed by atoms with Crippen molar-refractivity contribution in [1.82, 2.24) is 24.4 Å². The van der Waals surface area contributed by atoms with Crippen LogP contribution in [0.15, 0.2) is 53.5 Å². The van der Waals surface area contributed by atoms with Gasteiger partial charge >= 0.3 is 0 Å². The van der Waals surface area contributed by atoms with Gasteiger partial charge in [0.15, 0.2) is 0 Å². The van der Waals surface area contributed by atoms with Gasteiger partial charge in [-0.2, -0.15) is 15.5 Å². The van der Waals surface area contributed by atoms with Crippen molar-refractivity contribution in [2.24, 2.45) is 0 Å². The van der Waals surface area contributed by atoms with E-state index in [2.05, 4.69) is 73.3 Å². The number of hydrogen-bond donors (Lipinski definition) is 1.